The third-order valence-electron chi connectivity index (χ3n) is 1.52. The summed E-state index contributed by atoms with van der Waals surface area (Å²) in [6, 6.07) is 4.40. The summed E-state index contributed by atoms with van der Waals surface area (Å²) in [5.74, 6) is -0.545. The zero-order chi connectivity index (χ0) is 9.14. The molecule has 12 heavy (non-hydrogen) atoms. The first-order chi connectivity index (χ1) is 5.70. The molecule has 0 bridgehead atoms. The van der Waals surface area contributed by atoms with Gasteiger partial charge in [-0.1, -0.05) is 11.6 Å². The van der Waals surface area contributed by atoms with Crippen molar-refractivity contribution in [3.05, 3.63) is 34.1 Å². The van der Waals surface area contributed by atoms with Crippen LogP contribution in [0.4, 0.5) is 4.39 Å². The Morgan fingerprint density at radius 3 is 2.75 bits per heavy atom. The summed E-state index contributed by atoms with van der Waals surface area (Å²) in [5, 5.41) is 8.52. The molecule has 0 amide bonds. The van der Waals surface area contributed by atoms with Crippen molar-refractivity contribution in [3.8, 4) is 6.07 Å². The summed E-state index contributed by atoms with van der Waals surface area (Å²) in [4.78, 5) is 0. The van der Waals surface area contributed by atoms with E-state index in [4.69, 9.17) is 22.6 Å². The number of rotatable bonds is 1. The van der Waals surface area contributed by atoms with E-state index in [2.05, 4.69) is 0 Å². The van der Waals surface area contributed by atoms with Crippen molar-refractivity contribution in [2.24, 2.45) is 5.73 Å². The Labute approximate surface area is 74.4 Å². The Balaban J connectivity index is 3.38. The highest BCUT2D eigenvalue weighted by Crippen LogP contribution is 2.22. The molecule has 0 saturated heterocycles. The quantitative estimate of drug-likeness (QED) is 0.724. The van der Waals surface area contributed by atoms with E-state index in [-0.39, 0.29) is 11.6 Å². The van der Waals surface area contributed by atoms with Crippen LogP contribution in [-0.4, -0.2) is 0 Å². The van der Waals surface area contributed by atoms with E-state index in [1.807, 2.05) is 6.07 Å². The molecule has 0 heterocycles. The number of nitrogens with zero attached hydrogens (tertiary/aromatic N) is 1. The van der Waals surface area contributed by atoms with Gasteiger partial charge >= 0.3 is 0 Å². The molecule has 0 atom stereocenters. The Kier molecular flexibility index (Phi) is 2.64. The third kappa shape index (κ3) is 1.40. The van der Waals surface area contributed by atoms with E-state index >= 15 is 0 Å². The third-order valence-corrected chi connectivity index (χ3v) is 1.93. The highest BCUT2D eigenvalue weighted by Gasteiger charge is 2.09. The van der Waals surface area contributed by atoms with Crippen LogP contribution >= 0.6 is 11.6 Å². The summed E-state index contributed by atoms with van der Waals surface area (Å²) in [6.45, 7) is 0.0689. The molecule has 0 aliphatic carbocycles. The average molecular weight is 185 g/mol. The van der Waals surface area contributed by atoms with Crippen LogP contribution in [0, 0.1) is 17.1 Å². The van der Waals surface area contributed by atoms with Gasteiger partial charge in [0, 0.05) is 12.1 Å². The maximum atomic E-state index is 12.8. The van der Waals surface area contributed by atoms with Crippen LogP contribution in [0.15, 0.2) is 12.1 Å². The second-order valence-corrected chi connectivity index (χ2v) is 2.58. The minimum atomic E-state index is -0.545. The lowest BCUT2D eigenvalue weighted by molar-refractivity contribution is 0.625. The fourth-order valence-corrected chi connectivity index (χ4v) is 1.14. The van der Waals surface area contributed by atoms with Crippen molar-refractivity contribution in [1.29, 1.82) is 5.26 Å². The Hall–Kier alpha value is -1.11. The lowest BCUT2D eigenvalue weighted by Crippen LogP contribution is -2.01. The van der Waals surface area contributed by atoms with Crippen LogP contribution in [0.3, 0.4) is 0 Å². The molecule has 0 aromatic heterocycles. The number of benzene rings is 1. The standard InChI is InChI=1S/C8H6ClFN2/c9-8-6(4-12)5(3-11)1-2-7(8)10/h1-2H,4,12H2. The van der Waals surface area contributed by atoms with Gasteiger partial charge in [0.2, 0.25) is 0 Å². The summed E-state index contributed by atoms with van der Waals surface area (Å²) in [6.07, 6.45) is 0. The van der Waals surface area contributed by atoms with Gasteiger partial charge in [0.15, 0.2) is 0 Å². The van der Waals surface area contributed by atoms with Crippen molar-refractivity contribution in [2.45, 2.75) is 6.54 Å². The van der Waals surface area contributed by atoms with Gasteiger partial charge in [0.1, 0.15) is 5.82 Å². The predicted octanol–water partition coefficient (Wildman–Crippen LogP) is 1.81. The van der Waals surface area contributed by atoms with Crippen molar-refractivity contribution in [3.63, 3.8) is 0 Å². The van der Waals surface area contributed by atoms with E-state index < -0.39 is 5.82 Å². The van der Waals surface area contributed by atoms with Gasteiger partial charge in [0.25, 0.3) is 0 Å². The smallest absolute Gasteiger partial charge is 0.142 e. The monoisotopic (exact) mass is 184 g/mol. The Morgan fingerprint density at radius 2 is 2.25 bits per heavy atom. The number of nitrogens with two attached hydrogens (primary N) is 1. The highest BCUT2D eigenvalue weighted by molar-refractivity contribution is 6.31. The van der Waals surface area contributed by atoms with Crippen molar-refractivity contribution < 1.29 is 4.39 Å². The largest absolute Gasteiger partial charge is 0.326 e. The molecule has 0 aliphatic rings. The minimum Gasteiger partial charge on any atom is -0.326 e. The Morgan fingerprint density at radius 1 is 1.58 bits per heavy atom. The van der Waals surface area contributed by atoms with Crippen LogP contribution < -0.4 is 5.73 Å². The lowest BCUT2D eigenvalue weighted by Gasteiger charge is -2.03. The molecule has 0 aliphatic heterocycles. The van der Waals surface area contributed by atoms with Crippen LogP contribution in [0.25, 0.3) is 0 Å². The zero-order valence-electron chi connectivity index (χ0n) is 6.14. The summed E-state index contributed by atoms with van der Waals surface area (Å²) in [7, 11) is 0. The van der Waals surface area contributed by atoms with Gasteiger partial charge in [-0.3, -0.25) is 0 Å². The molecule has 1 rings (SSSR count). The maximum absolute atomic E-state index is 12.8. The van der Waals surface area contributed by atoms with Gasteiger partial charge in [-0.2, -0.15) is 5.26 Å². The van der Waals surface area contributed by atoms with E-state index in [9.17, 15) is 4.39 Å². The number of hydrogen-bond acceptors (Lipinski definition) is 2. The molecule has 0 radical (unpaired) electrons. The van der Waals surface area contributed by atoms with Crippen molar-refractivity contribution >= 4 is 11.6 Å². The van der Waals surface area contributed by atoms with Crippen LogP contribution in [0.5, 0.6) is 0 Å². The molecule has 1 aromatic rings. The Bertz CT molecular complexity index is 344. The number of halogens is 2. The predicted molar refractivity (Wildman–Crippen MR) is 44.0 cm³/mol. The summed E-state index contributed by atoms with van der Waals surface area (Å²) < 4.78 is 12.8. The van der Waals surface area contributed by atoms with Gasteiger partial charge in [-0.05, 0) is 12.1 Å². The first kappa shape index (κ1) is 8.98. The van der Waals surface area contributed by atoms with E-state index in [0.29, 0.717) is 11.1 Å². The summed E-state index contributed by atoms with van der Waals surface area (Å²) >= 11 is 5.57. The lowest BCUT2D eigenvalue weighted by atomic mass is 10.1. The van der Waals surface area contributed by atoms with Crippen molar-refractivity contribution in [1.82, 2.24) is 0 Å². The number of nitriles is 1. The molecule has 0 spiro atoms. The van der Waals surface area contributed by atoms with Crippen LogP contribution in [-0.2, 0) is 6.54 Å². The normalized spacial score (nSPS) is 9.50. The molecular weight excluding hydrogens is 179 g/mol. The molecule has 0 fully saturated rings. The SMILES string of the molecule is N#Cc1ccc(F)c(Cl)c1CN. The second-order valence-electron chi connectivity index (χ2n) is 2.20. The molecule has 0 saturated carbocycles. The van der Waals surface area contributed by atoms with Gasteiger partial charge in [-0.15, -0.1) is 0 Å². The molecule has 2 N–H and O–H groups in total. The molecule has 0 unspecified atom stereocenters. The minimum absolute atomic E-state index is 0.0587. The van der Waals surface area contributed by atoms with Crippen molar-refractivity contribution in [2.75, 3.05) is 0 Å². The zero-order valence-corrected chi connectivity index (χ0v) is 6.90. The van der Waals surface area contributed by atoms with E-state index in [1.165, 1.54) is 6.07 Å². The second kappa shape index (κ2) is 3.53. The van der Waals surface area contributed by atoms with Gasteiger partial charge < -0.3 is 5.73 Å². The van der Waals surface area contributed by atoms with Gasteiger partial charge in [-0.25, -0.2) is 4.39 Å². The summed E-state index contributed by atoms with van der Waals surface area (Å²) in [5.41, 5.74) is 5.98. The molecule has 62 valence electrons. The van der Waals surface area contributed by atoms with E-state index in [0.717, 1.165) is 6.07 Å². The van der Waals surface area contributed by atoms with E-state index in [1.54, 1.807) is 0 Å². The van der Waals surface area contributed by atoms with Crippen LogP contribution in [0.1, 0.15) is 11.1 Å². The first-order valence-electron chi connectivity index (χ1n) is 3.27. The average Bonchev–Trinajstić information content (AvgIpc) is 2.09. The molecular formula is C8H6ClFN2. The van der Waals surface area contributed by atoms with Gasteiger partial charge in [0.05, 0.1) is 16.7 Å². The molecule has 1 aromatic carbocycles. The highest BCUT2D eigenvalue weighted by atomic mass is 35.5. The first-order valence-corrected chi connectivity index (χ1v) is 3.65. The number of hydrogen-bond donors (Lipinski definition) is 1. The fourth-order valence-electron chi connectivity index (χ4n) is 0.897. The van der Waals surface area contributed by atoms with Crippen LogP contribution in [0.2, 0.25) is 5.02 Å². The fraction of sp³-hybridized carbons (Fsp3) is 0.125. The molecule has 2 nitrogen and oxygen atoms in total. The molecule has 4 heteroatoms. The topological polar surface area (TPSA) is 49.8 Å². The maximum Gasteiger partial charge on any atom is 0.142 e.